The molecule has 0 aliphatic rings. The van der Waals surface area contributed by atoms with Crippen molar-refractivity contribution in [3.05, 3.63) is 51.6 Å². The van der Waals surface area contributed by atoms with Crippen LogP contribution in [-0.4, -0.2) is 45.7 Å². The van der Waals surface area contributed by atoms with E-state index < -0.39 is 10.0 Å². The fourth-order valence-electron chi connectivity index (χ4n) is 3.27. The smallest absolute Gasteiger partial charge is 0.277 e. The van der Waals surface area contributed by atoms with Gasteiger partial charge in [0.05, 0.1) is 19.8 Å². The zero-order chi connectivity index (χ0) is 23.5. The Kier molecular flexibility index (Phi) is 7.73. The summed E-state index contributed by atoms with van der Waals surface area (Å²) in [6.45, 7) is 7.53. The minimum Gasteiger partial charge on any atom is -0.392 e. The summed E-state index contributed by atoms with van der Waals surface area (Å²) in [5.41, 5.74) is 3.67. The molecule has 10 heteroatoms. The lowest BCUT2D eigenvalue weighted by molar-refractivity contribution is 0.0753. The van der Waals surface area contributed by atoms with Crippen LogP contribution in [0.3, 0.4) is 0 Å². The molecule has 0 amide bonds. The van der Waals surface area contributed by atoms with Gasteiger partial charge in [-0.1, -0.05) is 23.4 Å². The minimum absolute atomic E-state index is 0.0771. The summed E-state index contributed by atoms with van der Waals surface area (Å²) in [6, 6.07) is 7.35. The van der Waals surface area contributed by atoms with E-state index in [1.807, 2.05) is 32.0 Å². The fourth-order valence-corrected chi connectivity index (χ4v) is 6.36. The molecule has 2 aromatic heterocycles. The van der Waals surface area contributed by atoms with Crippen molar-refractivity contribution in [1.29, 1.82) is 0 Å². The Hall–Kier alpha value is -2.24. The number of benzene rings is 1. The van der Waals surface area contributed by atoms with Crippen LogP contribution in [0.25, 0.3) is 11.1 Å². The highest BCUT2D eigenvalue weighted by molar-refractivity contribution is 7.95. The molecule has 0 aliphatic carbocycles. The van der Waals surface area contributed by atoms with E-state index in [4.69, 9.17) is 14.0 Å². The van der Waals surface area contributed by atoms with E-state index in [2.05, 4.69) is 5.16 Å². The van der Waals surface area contributed by atoms with Crippen LogP contribution in [0, 0.1) is 27.7 Å². The maximum Gasteiger partial charge on any atom is 0.277 e. The van der Waals surface area contributed by atoms with Gasteiger partial charge in [0.15, 0.2) is 5.82 Å². The van der Waals surface area contributed by atoms with Crippen molar-refractivity contribution in [2.45, 2.75) is 38.5 Å². The number of hydrogen-bond donors (Lipinski definition) is 1. The number of nitrogens with zero attached hydrogens (tertiary/aromatic N) is 2. The normalized spacial score (nSPS) is 11.8. The lowest BCUT2D eigenvalue weighted by Crippen LogP contribution is -2.34. The molecule has 2 heterocycles. The third kappa shape index (κ3) is 4.89. The molecule has 3 aromatic rings. The molecule has 174 valence electrons. The number of aryl methyl sites for hydroxylation is 3. The van der Waals surface area contributed by atoms with Crippen molar-refractivity contribution in [3.8, 4) is 11.1 Å². The van der Waals surface area contributed by atoms with E-state index in [0.29, 0.717) is 23.5 Å². The second-order valence-corrected chi connectivity index (χ2v) is 10.8. The minimum atomic E-state index is -4.03. The monoisotopic (exact) mass is 480 g/mol. The molecule has 0 saturated carbocycles. The molecular formula is C22H28N2O6S2. The molecule has 0 atom stereocenters. The summed E-state index contributed by atoms with van der Waals surface area (Å²) in [5.74, 6) is 0.736. The summed E-state index contributed by atoms with van der Waals surface area (Å²) >= 11 is 1.20. The molecule has 0 radical (unpaired) electrons. The fraction of sp³-hybridized carbons (Fsp3) is 0.409. The molecule has 0 saturated heterocycles. The molecule has 0 fully saturated rings. The number of sulfonamides is 1. The molecule has 1 aromatic carbocycles. The van der Waals surface area contributed by atoms with Gasteiger partial charge in [-0.05, 0) is 50.5 Å². The van der Waals surface area contributed by atoms with Crippen LogP contribution in [0.2, 0.25) is 0 Å². The number of anilines is 1. The van der Waals surface area contributed by atoms with Crippen LogP contribution in [0.15, 0.2) is 33.0 Å². The van der Waals surface area contributed by atoms with E-state index >= 15 is 0 Å². The van der Waals surface area contributed by atoms with Crippen LogP contribution in [0.1, 0.15) is 27.3 Å². The lowest BCUT2D eigenvalue weighted by Gasteiger charge is -2.22. The van der Waals surface area contributed by atoms with E-state index in [-0.39, 0.29) is 30.0 Å². The molecule has 32 heavy (non-hydrogen) atoms. The molecule has 3 rings (SSSR count). The molecule has 1 N–H and O–H groups in total. The second kappa shape index (κ2) is 10.1. The van der Waals surface area contributed by atoms with Crippen LogP contribution < -0.4 is 4.31 Å². The lowest BCUT2D eigenvalue weighted by atomic mass is 10.0. The Morgan fingerprint density at radius 1 is 1.12 bits per heavy atom. The predicted octanol–water partition coefficient (Wildman–Crippen LogP) is 3.94. The zero-order valence-electron chi connectivity index (χ0n) is 18.8. The van der Waals surface area contributed by atoms with Gasteiger partial charge in [-0.3, -0.25) is 0 Å². The number of aromatic nitrogens is 1. The maximum absolute atomic E-state index is 13.9. The third-order valence-electron chi connectivity index (χ3n) is 5.12. The van der Waals surface area contributed by atoms with Gasteiger partial charge in [0.25, 0.3) is 10.0 Å². The zero-order valence-corrected chi connectivity index (χ0v) is 20.5. The molecular weight excluding hydrogens is 452 g/mol. The van der Waals surface area contributed by atoms with E-state index in [9.17, 15) is 13.5 Å². The number of rotatable bonds is 10. The van der Waals surface area contributed by atoms with Gasteiger partial charge in [-0.15, -0.1) is 11.3 Å². The summed E-state index contributed by atoms with van der Waals surface area (Å²) < 4.78 is 45.0. The van der Waals surface area contributed by atoms with Crippen LogP contribution >= 0.6 is 11.3 Å². The van der Waals surface area contributed by atoms with Crippen molar-refractivity contribution in [3.63, 3.8) is 0 Å². The molecule has 0 aliphatic heterocycles. The van der Waals surface area contributed by atoms with Gasteiger partial charge in [-0.2, -0.15) is 0 Å². The van der Waals surface area contributed by atoms with Gasteiger partial charge in [0, 0.05) is 23.1 Å². The number of thiophene rings is 1. The highest BCUT2D eigenvalue weighted by Gasteiger charge is 2.33. The Morgan fingerprint density at radius 2 is 1.88 bits per heavy atom. The van der Waals surface area contributed by atoms with Crippen molar-refractivity contribution in [1.82, 2.24) is 5.16 Å². The highest BCUT2D eigenvalue weighted by atomic mass is 32.2. The highest BCUT2D eigenvalue weighted by Crippen LogP contribution is 2.40. The van der Waals surface area contributed by atoms with Crippen LogP contribution in [0.5, 0.6) is 0 Å². The van der Waals surface area contributed by atoms with Crippen molar-refractivity contribution < 1.29 is 27.5 Å². The molecule has 0 unspecified atom stereocenters. The first kappa shape index (κ1) is 24.4. The largest absolute Gasteiger partial charge is 0.392 e. The summed E-state index contributed by atoms with van der Waals surface area (Å²) in [6.07, 6.45) is 0. The number of methoxy groups -OCH3 is 1. The van der Waals surface area contributed by atoms with Gasteiger partial charge in [-0.25, -0.2) is 12.7 Å². The first-order valence-electron chi connectivity index (χ1n) is 10.0. The van der Waals surface area contributed by atoms with Gasteiger partial charge >= 0.3 is 0 Å². The number of hydrogen-bond acceptors (Lipinski definition) is 8. The first-order valence-corrected chi connectivity index (χ1v) is 12.3. The predicted molar refractivity (Wildman–Crippen MR) is 123 cm³/mol. The van der Waals surface area contributed by atoms with Gasteiger partial charge in [0.1, 0.15) is 16.7 Å². The molecule has 0 spiro atoms. The quantitative estimate of drug-likeness (QED) is 0.346. The number of aliphatic hydroxyl groups excluding tert-OH is 1. The number of ether oxygens (including phenoxy) is 2. The molecule has 0 bridgehead atoms. The summed E-state index contributed by atoms with van der Waals surface area (Å²) in [5, 5.41) is 13.4. The standard InChI is InChI=1S/C22H28N2O6S2/c1-14-10-18(12-25)6-7-19(14)20-11-15(2)31-22(20)32(26,27)24(13-29-9-8-28-5)21-16(3)17(4)30-23-21/h6-7,10-11,25H,8-9,12-13H2,1-5H3. The van der Waals surface area contributed by atoms with Crippen molar-refractivity contribution in [2.75, 3.05) is 31.4 Å². The van der Waals surface area contributed by atoms with E-state index in [0.717, 1.165) is 25.9 Å². The number of aliphatic hydroxyl groups is 1. The van der Waals surface area contributed by atoms with Gasteiger partial charge < -0.3 is 19.1 Å². The van der Waals surface area contributed by atoms with Gasteiger partial charge in [0.2, 0.25) is 0 Å². The Morgan fingerprint density at radius 3 is 2.47 bits per heavy atom. The Labute approximate surface area is 192 Å². The van der Waals surface area contributed by atoms with Crippen molar-refractivity contribution in [2.24, 2.45) is 0 Å². The van der Waals surface area contributed by atoms with E-state index in [1.165, 1.54) is 11.3 Å². The summed E-state index contributed by atoms with van der Waals surface area (Å²) in [7, 11) is -2.48. The average molecular weight is 481 g/mol. The Bertz CT molecular complexity index is 1180. The maximum atomic E-state index is 13.9. The second-order valence-electron chi connectivity index (χ2n) is 7.44. The van der Waals surface area contributed by atoms with Crippen molar-refractivity contribution >= 4 is 27.2 Å². The summed E-state index contributed by atoms with van der Waals surface area (Å²) in [4.78, 5) is 0.859. The molecule has 8 nitrogen and oxygen atoms in total. The average Bonchev–Trinajstić information content (AvgIpc) is 3.31. The SMILES string of the molecule is COCCOCN(c1noc(C)c1C)S(=O)(=O)c1sc(C)cc1-c1ccc(CO)cc1C. The first-order chi connectivity index (χ1) is 15.2. The topological polar surface area (TPSA) is 102 Å². The van der Waals surface area contributed by atoms with Crippen LogP contribution in [0.4, 0.5) is 5.82 Å². The Balaban J connectivity index is 2.10. The third-order valence-corrected chi connectivity index (χ3v) is 8.39. The van der Waals surface area contributed by atoms with Crippen LogP contribution in [-0.2, 0) is 26.1 Å². The van der Waals surface area contributed by atoms with E-state index in [1.54, 1.807) is 27.0 Å².